The number of nitrogens with two attached hydrogens (primary N) is 1. The average Bonchev–Trinajstić information content (AvgIpc) is 2.42. The summed E-state index contributed by atoms with van der Waals surface area (Å²) in [7, 11) is -3.65. The third-order valence-corrected chi connectivity index (χ3v) is 4.04. The maximum Gasteiger partial charge on any atom is 0.238 e. The predicted molar refractivity (Wildman–Crippen MR) is 82.1 cm³/mol. The van der Waals surface area contributed by atoms with Crippen LogP contribution in [-0.2, 0) is 14.8 Å². The number of nitrogens with one attached hydrogen (secondary N) is 2. The van der Waals surface area contributed by atoms with E-state index in [0.717, 1.165) is 5.56 Å². The number of benzene rings is 1. The number of rotatable bonds is 7. The molecule has 21 heavy (non-hydrogen) atoms. The fraction of sp³-hybridized carbons (Fsp3) is 0.500. The van der Waals surface area contributed by atoms with E-state index in [1.165, 1.54) is 12.1 Å². The van der Waals surface area contributed by atoms with Gasteiger partial charge in [-0.3, -0.25) is 4.79 Å². The third kappa shape index (κ3) is 5.82. The molecule has 0 aliphatic rings. The van der Waals surface area contributed by atoms with Crippen molar-refractivity contribution in [3.63, 3.8) is 0 Å². The lowest BCUT2D eigenvalue weighted by molar-refractivity contribution is -0.123. The standard InChI is InChI=1S/C14H23N3O3S/c1-10(2)14(18)17-9-8-16-11(3)12-4-6-13(7-5-12)21(15,19)20/h4-7,10-11,16H,8-9H2,1-3H3,(H,17,18)(H2,15,19,20). The Morgan fingerprint density at radius 2 is 1.71 bits per heavy atom. The second kappa shape index (κ2) is 7.53. The Labute approximate surface area is 126 Å². The van der Waals surface area contributed by atoms with Gasteiger partial charge in [0.25, 0.3) is 0 Å². The summed E-state index contributed by atoms with van der Waals surface area (Å²) < 4.78 is 22.3. The van der Waals surface area contributed by atoms with Gasteiger partial charge in [-0.25, -0.2) is 13.6 Å². The predicted octanol–water partition coefficient (Wildman–Crippen LogP) is 0.757. The monoisotopic (exact) mass is 313 g/mol. The molecule has 0 radical (unpaired) electrons. The highest BCUT2D eigenvalue weighted by Gasteiger charge is 2.10. The van der Waals surface area contributed by atoms with Crippen molar-refractivity contribution in [3.05, 3.63) is 29.8 Å². The molecule has 1 unspecified atom stereocenters. The smallest absolute Gasteiger partial charge is 0.238 e. The van der Waals surface area contributed by atoms with Gasteiger partial charge in [0, 0.05) is 25.0 Å². The molecule has 0 saturated heterocycles. The molecule has 1 atom stereocenters. The first-order valence-electron chi connectivity index (χ1n) is 6.85. The van der Waals surface area contributed by atoms with Crippen LogP contribution in [0.25, 0.3) is 0 Å². The molecule has 4 N–H and O–H groups in total. The molecule has 0 fully saturated rings. The quantitative estimate of drug-likeness (QED) is 0.647. The fourth-order valence-electron chi connectivity index (χ4n) is 1.74. The van der Waals surface area contributed by atoms with E-state index in [4.69, 9.17) is 5.14 Å². The zero-order chi connectivity index (χ0) is 16.0. The van der Waals surface area contributed by atoms with Crippen molar-refractivity contribution in [2.75, 3.05) is 13.1 Å². The number of primary sulfonamides is 1. The van der Waals surface area contributed by atoms with Gasteiger partial charge in [-0.05, 0) is 24.6 Å². The Balaban J connectivity index is 2.46. The number of amides is 1. The van der Waals surface area contributed by atoms with Gasteiger partial charge in [0.1, 0.15) is 0 Å². The fourth-order valence-corrected chi connectivity index (χ4v) is 2.26. The maximum absolute atomic E-state index is 11.4. The van der Waals surface area contributed by atoms with E-state index in [1.807, 2.05) is 20.8 Å². The molecule has 1 amide bonds. The van der Waals surface area contributed by atoms with Crippen LogP contribution in [0.3, 0.4) is 0 Å². The summed E-state index contributed by atoms with van der Waals surface area (Å²) in [6, 6.07) is 6.48. The van der Waals surface area contributed by atoms with Crippen molar-refractivity contribution in [1.82, 2.24) is 10.6 Å². The van der Waals surface area contributed by atoms with E-state index in [0.29, 0.717) is 13.1 Å². The Morgan fingerprint density at radius 1 is 1.14 bits per heavy atom. The molecule has 0 bridgehead atoms. The normalized spacial score (nSPS) is 13.2. The molecule has 0 aromatic heterocycles. The largest absolute Gasteiger partial charge is 0.355 e. The Bertz CT molecular complexity index is 568. The highest BCUT2D eigenvalue weighted by molar-refractivity contribution is 7.89. The SMILES string of the molecule is CC(C)C(=O)NCCNC(C)c1ccc(S(N)(=O)=O)cc1. The lowest BCUT2D eigenvalue weighted by Gasteiger charge is -2.15. The summed E-state index contributed by atoms with van der Waals surface area (Å²) in [6.07, 6.45) is 0. The van der Waals surface area contributed by atoms with Gasteiger partial charge in [0.2, 0.25) is 15.9 Å². The van der Waals surface area contributed by atoms with Gasteiger partial charge in [0.05, 0.1) is 4.90 Å². The van der Waals surface area contributed by atoms with Crippen LogP contribution in [0, 0.1) is 5.92 Å². The summed E-state index contributed by atoms with van der Waals surface area (Å²) in [6.45, 7) is 6.85. The number of hydrogen-bond acceptors (Lipinski definition) is 4. The molecule has 0 heterocycles. The summed E-state index contributed by atoms with van der Waals surface area (Å²) >= 11 is 0. The summed E-state index contributed by atoms with van der Waals surface area (Å²) in [4.78, 5) is 11.5. The van der Waals surface area contributed by atoms with Gasteiger partial charge in [-0.15, -0.1) is 0 Å². The Kier molecular flexibility index (Phi) is 6.32. The summed E-state index contributed by atoms with van der Waals surface area (Å²) in [5.74, 6) is 0.00939. The van der Waals surface area contributed by atoms with Crippen LogP contribution in [0.15, 0.2) is 29.2 Å². The van der Waals surface area contributed by atoms with E-state index in [-0.39, 0.29) is 22.8 Å². The topological polar surface area (TPSA) is 101 Å². The average molecular weight is 313 g/mol. The second-order valence-corrected chi connectivity index (χ2v) is 6.80. The molecular weight excluding hydrogens is 290 g/mol. The lowest BCUT2D eigenvalue weighted by Crippen LogP contribution is -2.35. The van der Waals surface area contributed by atoms with Crippen molar-refractivity contribution < 1.29 is 13.2 Å². The van der Waals surface area contributed by atoms with Gasteiger partial charge < -0.3 is 10.6 Å². The van der Waals surface area contributed by atoms with Crippen LogP contribution >= 0.6 is 0 Å². The molecule has 0 aliphatic carbocycles. The molecule has 0 aliphatic heterocycles. The van der Waals surface area contributed by atoms with Crippen LogP contribution in [0.1, 0.15) is 32.4 Å². The number of hydrogen-bond donors (Lipinski definition) is 3. The van der Waals surface area contributed by atoms with E-state index in [2.05, 4.69) is 10.6 Å². The molecule has 6 nitrogen and oxygen atoms in total. The Morgan fingerprint density at radius 3 is 2.19 bits per heavy atom. The van der Waals surface area contributed by atoms with Crippen LogP contribution < -0.4 is 15.8 Å². The highest BCUT2D eigenvalue weighted by atomic mass is 32.2. The van der Waals surface area contributed by atoms with Crippen molar-refractivity contribution in [1.29, 1.82) is 0 Å². The minimum absolute atomic E-state index is 0.0202. The zero-order valence-electron chi connectivity index (χ0n) is 12.6. The first-order chi connectivity index (χ1) is 9.71. The maximum atomic E-state index is 11.4. The van der Waals surface area contributed by atoms with Crippen molar-refractivity contribution in [3.8, 4) is 0 Å². The zero-order valence-corrected chi connectivity index (χ0v) is 13.4. The lowest BCUT2D eigenvalue weighted by atomic mass is 10.1. The van der Waals surface area contributed by atoms with E-state index < -0.39 is 10.0 Å². The van der Waals surface area contributed by atoms with Gasteiger partial charge in [0.15, 0.2) is 0 Å². The minimum Gasteiger partial charge on any atom is -0.355 e. The summed E-state index contributed by atoms with van der Waals surface area (Å²) in [5.41, 5.74) is 0.956. The molecule has 1 rings (SSSR count). The van der Waals surface area contributed by atoms with Gasteiger partial charge >= 0.3 is 0 Å². The number of carbonyl (C=O) groups excluding carboxylic acids is 1. The molecule has 1 aromatic carbocycles. The van der Waals surface area contributed by atoms with Crippen LogP contribution in [0.2, 0.25) is 0 Å². The van der Waals surface area contributed by atoms with E-state index in [9.17, 15) is 13.2 Å². The van der Waals surface area contributed by atoms with Crippen LogP contribution in [0.5, 0.6) is 0 Å². The van der Waals surface area contributed by atoms with Crippen LogP contribution in [0.4, 0.5) is 0 Å². The molecule has 7 heteroatoms. The molecule has 118 valence electrons. The Hall–Kier alpha value is -1.44. The number of carbonyl (C=O) groups is 1. The number of sulfonamides is 1. The summed E-state index contributed by atoms with van der Waals surface area (Å²) in [5, 5.41) is 11.1. The van der Waals surface area contributed by atoms with E-state index in [1.54, 1.807) is 12.1 Å². The molecule has 0 spiro atoms. The second-order valence-electron chi connectivity index (χ2n) is 5.24. The van der Waals surface area contributed by atoms with Crippen molar-refractivity contribution in [2.24, 2.45) is 11.1 Å². The minimum atomic E-state index is -3.65. The van der Waals surface area contributed by atoms with Crippen LogP contribution in [-0.4, -0.2) is 27.4 Å². The van der Waals surface area contributed by atoms with Crippen molar-refractivity contribution >= 4 is 15.9 Å². The van der Waals surface area contributed by atoms with Crippen molar-refractivity contribution in [2.45, 2.75) is 31.7 Å². The van der Waals surface area contributed by atoms with E-state index >= 15 is 0 Å². The first-order valence-corrected chi connectivity index (χ1v) is 8.40. The first kappa shape index (κ1) is 17.6. The third-order valence-electron chi connectivity index (χ3n) is 3.11. The molecular formula is C14H23N3O3S. The highest BCUT2D eigenvalue weighted by Crippen LogP contribution is 2.15. The molecule has 0 saturated carbocycles. The van der Waals surface area contributed by atoms with Gasteiger partial charge in [-0.1, -0.05) is 26.0 Å². The molecule has 1 aromatic rings. The van der Waals surface area contributed by atoms with Gasteiger partial charge in [-0.2, -0.15) is 0 Å².